The summed E-state index contributed by atoms with van der Waals surface area (Å²) in [5.74, 6) is 0. The average Bonchev–Trinajstić information content (AvgIpc) is 2.33. The topological polar surface area (TPSA) is 26.0 Å². The maximum absolute atomic E-state index is 6.10. The largest absolute Gasteiger partial charge is 0.333 e. The summed E-state index contributed by atoms with van der Waals surface area (Å²) in [6, 6.07) is 0. The summed E-state index contributed by atoms with van der Waals surface area (Å²) in [6.07, 6.45) is 16.2. The first-order valence-electron chi connectivity index (χ1n) is 7.12. The summed E-state index contributed by atoms with van der Waals surface area (Å²) in [5.41, 5.74) is 8.33. The molecule has 1 nitrogen and oxygen atoms in total. The summed E-state index contributed by atoms with van der Waals surface area (Å²) < 4.78 is 0. The van der Waals surface area contributed by atoms with E-state index in [-0.39, 0.29) is 0 Å². The molecule has 2 heteroatoms. The fourth-order valence-electron chi connectivity index (χ4n) is 3.89. The van der Waals surface area contributed by atoms with Crippen molar-refractivity contribution in [1.29, 1.82) is 0 Å². The predicted octanol–water partition coefficient (Wildman–Crippen LogP) is 3.38. The second-order valence-electron chi connectivity index (χ2n) is 5.70. The third-order valence-electron chi connectivity index (χ3n) is 4.78. The van der Waals surface area contributed by atoms with Gasteiger partial charge in [0.2, 0.25) is 0 Å². The van der Waals surface area contributed by atoms with Crippen molar-refractivity contribution in [2.75, 3.05) is 6.17 Å². The zero-order valence-electron chi connectivity index (χ0n) is 10.1. The van der Waals surface area contributed by atoms with E-state index in [1.807, 2.05) is 0 Å². The molecule has 2 N–H and O–H groups in total. The zero-order chi connectivity index (χ0) is 10.5. The Morgan fingerprint density at radius 1 is 0.733 bits per heavy atom. The van der Waals surface area contributed by atoms with E-state index < -0.39 is 8.80 Å². The molecular formula is C13H27NSi. The first-order chi connectivity index (χ1) is 7.42. The van der Waals surface area contributed by atoms with E-state index in [0.717, 1.165) is 17.3 Å². The predicted molar refractivity (Wildman–Crippen MR) is 69.9 cm³/mol. The summed E-state index contributed by atoms with van der Waals surface area (Å²) in [4.78, 5) is 0. The standard InChI is InChI=1S/C13H27NSi/c14-11-15(12-7-3-1-4-8-12)13-9-5-2-6-10-13/h12-13,15H,1-11,14H2. The SMILES string of the molecule is NC[SiH](C1CCCCC1)C1CCCCC1. The maximum Gasteiger partial charge on any atom is 0.0585 e. The van der Waals surface area contributed by atoms with E-state index >= 15 is 0 Å². The van der Waals surface area contributed by atoms with Gasteiger partial charge in [-0.05, 0) is 17.3 Å². The Hall–Kier alpha value is 0.177. The quantitative estimate of drug-likeness (QED) is 0.732. The molecule has 0 bridgehead atoms. The first kappa shape index (κ1) is 11.7. The van der Waals surface area contributed by atoms with Crippen molar-refractivity contribution in [1.82, 2.24) is 0 Å². The number of rotatable bonds is 3. The maximum atomic E-state index is 6.10. The summed E-state index contributed by atoms with van der Waals surface area (Å²) in [5, 5.41) is 0. The lowest BCUT2D eigenvalue weighted by Crippen LogP contribution is -2.37. The van der Waals surface area contributed by atoms with Gasteiger partial charge in [-0.15, -0.1) is 0 Å². The van der Waals surface area contributed by atoms with Crippen LogP contribution in [0, 0.1) is 0 Å². The van der Waals surface area contributed by atoms with Gasteiger partial charge in [0.15, 0.2) is 0 Å². The minimum atomic E-state index is -0.598. The average molecular weight is 225 g/mol. The zero-order valence-corrected chi connectivity index (χ0v) is 11.2. The van der Waals surface area contributed by atoms with Crippen LogP contribution in [0.4, 0.5) is 0 Å². The van der Waals surface area contributed by atoms with Crippen molar-refractivity contribution in [3.8, 4) is 0 Å². The lowest BCUT2D eigenvalue weighted by atomic mass is 9.99. The van der Waals surface area contributed by atoms with Crippen LogP contribution >= 0.6 is 0 Å². The van der Waals surface area contributed by atoms with Crippen LogP contribution in [-0.4, -0.2) is 15.0 Å². The molecule has 2 saturated carbocycles. The molecule has 2 aliphatic rings. The van der Waals surface area contributed by atoms with Gasteiger partial charge in [0.25, 0.3) is 0 Å². The van der Waals surface area contributed by atoms with Gasteiger partial charge < -0.3 is 5.73 Å². The molecule has 0 aromatic rings. The number of hydrogen-bond acceptors (Lipinski definition) is 1. The minimum absolute atomic E-state index is 0.598. The van der Waals surface area contributed by atoms with Gasteiger partial charge in [-0.25, -0.2) is 0 Å². The third-order valence-corrected chi connectivity index (χ3v) is 9.08. The van der Waals surface area contributed by atoms with Crippen LogP contribution < -0.4 is 5.73 Å². The molecule has 0 atom stereocenters. The normalized spacial score (nSPS) is 26.0. The summed E-state index contributed by atoms with van der Waals surface area (Å²) in [6.45, 7) is 0. The highest BCUT2D eigenvalue weighted by atomic mass is 28.3. The third kappa shape index (κ3) is 3.07. The van der Waals surface area contributed by atoms with Gasteiger partial charge in [-0.2, -0.15) is 0 Å². The highest BCUT2D eigenvalue weighted by molar-refractivity contribution is 6.62. The molecule has 2 rings (SSSR count). The lowest BCUT2D eigenvalue weighted by Gasteiger charge is -2.36. The van der Waals surface area contributed by atoms with E-state index in [4.69, 9.17) is 5.73 Å². The van der Waals surface area contributed by atoms with Crippen LogP contribution in [0.25, 0.3) is 0 Å². The Morgan fingerprint density at radius 3 is 1.47 bits per heavy atom. The Morgan fingerprint density at radius 2 is 1.13 bits per heavy atom. The van der Waals surface area contributed by atoms with Crippen molar-refractivity contribution in [3.05, 3.63) is 0 Å². The molecule has 0 unspecified atom stereocenters. The fraction of sp³-hybridized carbons (Fsp3) is 1.00. The molecular weight excluding hydrogens is 198 g/mol. The lowest BCUT2D eigenvalue weighted by molar-refractivity contribution is 0.460. The van der Waals surface area contributed by atoms with Crippen LogP contribution in [0.2, 0.25) is 11.1 Å². The van der Waals surface area contributed by atoms with Crippen molar-refractivity contribution < 1.29 is 0 Å². The molecule has 0 heterocycles. The van der Waals surface area contributed by atoms with Gasteiger partial charge in [0.05, 0.1) is 8.80 Å². The van der Waals surface area contributed by atoms with Gasteiger partial charge >= 0.3 is 0 Å². The van der Waals surface area contributed by atoms with Crippen LogP contribution in [0.1, 0.15) is 64.2 Å². The molecule has 88 valence electrons. The molecule has 2 fully saturated rings. The van der Waals surface area contributed by atoms with Crippen molar-refractivity contribution in [2.24, 2.45) is 5.73 Å². The van der Waals surface area contributed by atoms with E-state index in [2.05, 4.69) is 0 Å². The van der Waals surface area contributed by atoms with Crippen molar-refractivity contribution in [3.63, 3.8) is 0 Å². The van der Waals surface area contributed by atoms with E-state index in [1.165, 1.54) is 64.2 Å². The van der Waals surface area contributed by atoms with Crippen molar-refractivity contribution in [2.45, 2.75) is 75.3 Å². The summed E-state index contributed by atoms with van der Waals surface area (Å²) in [7, 11) is -0.598. The molecule has 0 spiro atoms. The molecule has 0 amide bonds. The smallest absolute Gasteiger partial charge is 0.0585 e. The van der Waals surface area contributed by atoms with Gasteiger partial charge in [-0.3, -0.25) is 0 Å². The Labute approximate surface area is 96.4 Å². The Kier molecular flexibility index (Phi) is 4.70. The van der Waals surface area contributed by atoms with Gasteiger partial charge in [0.1, 0.15) is 0 Å². The summed E-state index contributed by atoms with van der Waals surface area (Å²) >= 11 is 0. The monoisotopic (exact) mass is 225 g/mol. The molecule has 0 aromatic heterocycles. The fourth-order valence-corrected chi connectivity index (χ4v) is 8.09. The van der Waals surface area contributed by atoms with Gasteiger partial charge in [0, 0.05) is 0 Å². The highest BCUT2D eigenvalue weighted by Gasteiger charge is 2.31. The second-order valence-corrected chi connectivity index (χ2v) is 9.38. The minimum Gasteiger partial charge on any atom is -0.333 e. The van der Waals surface area contributed by atoms with Gasteiger partial charge in [-0.1, -0.05) is 64.2 Å². The molecule has 15 heavy (non-hydrogen) atoms. The molecule has 2 aliphatic carbocycles. The second kappa shape index (κ2) is 6.05. The Bertz CT molecular complexity index is 153. The van der Waals surface area contributed by atoms with Crippen molar-refractivity contribution >= 4 is 8.80 Å². The molecule has 0 radical (unpaired) electrons. The Balaban J connectivity index is 1.88. The number of nitrogens with two attached hydrogens (primary N) is 1. The molecule has 0 aromatic carbocycles. The molecule has 0 aliphatic heterocycles. The molecule has 0 saturated heterocycles. The van der Waals surface area contributed by atoms with E-state index in [1.54, 1.807) is 0 Å². The van der Waals surface area contributed by atoms with Crippen LogP contribution in [-0.2, 0) is 0 Å². The highest BCUT2D eigenvalue weighted by Crippen LogP contribution is 2.40. The van der Waals surface area contributed by atoms with E-state index in [9.17, 15) is 0 Å². The van der Waals surface area contributed by atoms with Crippen LogP contribution in [0.5, 0.6) is 0 Å². The van der Waals surface area contributed by atoms with Crippen LogP contribution in [0.3, 0.4) is 0 Å². The first-order valence-corrected chi connectivity index (χ1v) is 9.27. The van der Waals surface area contributed by atoms with Crippen LogP contribution in [0.15, 0.2) is 0 Å². The number of hydrogen-bond donors (Lipinski definition) is 1. The van der Waals surface area contributed by atoms with E-state index in [0.29, 0.717) is 0 Å².